The Morgan fingerprint density at radius 2 is 2.20 bits per heavy atom. The first-order chi connectivity index (χ1) is 6.95. The van der Waals surface area contributed by atoms with Gasteiger partial charge in [0.25, 0.3) is 0 Å². The molecule has 1 nitrogen and oxygen atoms in total. The first-order valence-electron chi connectivity index (χ1n) is 5.23. The third kappa shape index (κ3) is 2.45. The van der Waals surface area contributed by atoms with Crippen LogP contribution in [0.3, 0.4) is 0 Å². The molecule has 1 aliphatic carbocycles. The second-order valence-corrected chi connectivity index (χ2v) is 6.25. The van der Waals surface area contributed by atoms with Gasteiger partial charge in [0.2, 0.25) is 0 Å². The van der Waals surface area contributed by atoms with Crippen LogP contribution in [0.4, 0.5) is 0 Å². The molecule has 0 amide bonds. The lowest BCUT2D eigenvalue weighted by atomic mass is 9.65. The fraction of sp³-hybridized carbons (Fsp3) is 0.750. The fourth-order valence-corrected chi connectivity index (χ4v) is 3.73. The predicted molar refractivity (Wildman–Crippen MR) is 72.6 cm³/mol. The molecule has 15 heavy (non-hydrogen) atoms. The Bertz CT molecular complexity index is 263. The summed E-state index contributed by atoms with van der Waals surface area (Å²) in [5.41, 5.74) is 1.34. The zero-order valence-electron chi connectivity index (χ0n) is 10.0. The van der Waals surface area contributed by atoms with Crippen molar-refractivity contribution < 1.29 is 4.74 Å². The molecular formula is C12H20OS2. The number of thioether (sulfide) groups is 1. The van der Waals surface area contributed by atoms with Crippen molar-refractivity contribution in [2.75, 3.05) is 13.4 Å². The molecule has 86 valence electrons. The minimum absolute atomic E-state index is 0.0736. The third-order valence-corrected chi connectivity index (χ3v) is 4.80. The summed E-state index contributed by atoms with van der Waals surface area (Å²) < 4.78 is 6.62. The Hall–Kier alpha value is 0.140. The van der Waals surface area contributed by atoms with Crippen LogP contribution < -0.4 is 0 Å². The Labute approximate surface area is 103 Å². The van der Waals surface area contributed by atoms with Crippen LogP contribution in [-0.2, 0) is 4.74 Å². The smallest absolute Gasteiger partial charge is 0.0634 e. The normalized spacial score (nSPS) is 30.3. The van der Waals surface area contributed by atoms with Crippen LogP contribution in [0.5, 0.6) is 0 Å². The number of rotatable bonds is 2. The molecule has 1 aliphatic rings. The van der Waals surface area contributed by atoms with Crippen LogP contribution in [0.1, 0.15) is 26.7 Å². The van der Waals surface area contributed by atoms with Gasteiger partial charge in [-0.05, 0) is 19.1 Å². The molecule has 0 radical (unpaired) electrons. The van der Waals surface area contributed by atoms with Crippen LogP contribution in [0.25, 0.3) is 0 Å². The number of thiocarbonyl (C=S) groups is 1. The summed E-state index contributed by atoms with van der Waals surface area (Å²) in [6.45, 7) is 8.64. The number of allylic oxidation sites excluding steroid dienone is 1. The van der Waals surface area contributed by atoms with E-state index in [0.29, 0.717) is 5.92 Å². The van der Waals surface area contributed by atoms with Gasteiger partial charge in [-0.3, -0.25) is 0 Å². The molecule has 1 fully saturated rings. The molecular weight excluding hydrogens is 224 g/mol. The van der Waals surface area contributed by atoms with Crippen molar-refractivity contribution in [2.24, 2.45) is 11.3 Å². The van der Waals surface area contributed by atoms with Gasteiger partial charge in [0.05, 0.1) is 10.3 Å². The molecule has 0 aromatic rings. The van der Waals surface area contributed by atoms with Gasteiger partial charge >= 0.3 is 0 Å². The lowest BCUT2D eigenvalue weighted by molar-refractivity contribution is -0.0227. The van der Waals surface area contributed by atoms with Crippen LogP contribution in [0.15, 0.2) is 12.2 Å². The van der Waals surface area contributed by atoms with Gasteiger partial charge in [-0.25, -0.2) is 0 Å². The minimum atomic E-state index is 0.0736. The van der Waals surface area contributed by atoms with Crippen molar-refractivity contribution in [3.8, 4) is 0 Å². The van der Waals surface area contributed by atoms with Crippen molar-refractivity contribution in [1.29, 1.82) is 0 Å². The highest BCUT2D eigenvalue weighted by molar-refractivity contribution is 8.22. The highest BCUT2D eigenvalue weighted by Crippen LogP contribution is 2.46. The summed E-state index contributed by atoms with van der Waals surface area (Å²) in [4.78, 5) is 0. The molecule has 0 bridgehead atoms. The Morgan fingerprint density at radius 1 is 1.60 bits per heavy atom. The van der Waals surface area contributed by atoms with Gasteiger partial charge in [0, 0.05) is 18.4 Å². The average molecular weight is 244 g/mol. The molecule has 0 unspecified atom stereocenters. The van der Waals surface area contributed by atoms with Gasteiger partial charge in [0.15, 0.2) is 0 Å². The van der Waals surface area contributed by atoms with Gasteiger partial charge in [-0.2, -0.15) is 0 Å². The van der Waals surface area contributed by atoms with E-state index in [-0.39, 0.29) is 11.5 Å². The molecule has 2 atom stereocenters. The highest BCUT2D eigenvalue weighted by atomic mass is 32.2. The van der Waals surface area contributed by atoms with Crippen molar-refractivity contribution in [2.45, 2.75) is 32.8 Å². The molecule has 0 heterocycles. The topological polar surface area (TPSA) is 9.23 Å². The molecule has 0 aliphatic heterocycles. The summed E-state index contributed by atoms with van der Waals surface area (Å²) in [5.74, 6) is 0.307. The van der Waals surface area contributed by atoms with E-state index in [1.165, 1.54) is 5.57 Å². The Kier molecular flexibility index (Phi) is 4.38. The summed E-state index contributed by atoms with van der Waals surface area (Å²) in [5, 5.41) is 0. The maximum absolute atomic E-state index is 5.57. The first-order valence-corrected chi connectivity index (χ1v) is 6.86. The standard InChI is InChI=1S/C12H20OS2/c1-8-6-7-9(13-4)12(2,3)10(8)11(14)15-5/h9-10H,1,6-7H2,2-5H3/t9-,10+/m0/s1. The maximum Gasteiger partial charge on any atom is 0.0634 e. The van der Waals surface area contributed by atoms with E-state index in [9.17, 15) is 0 Å². The van der Waals surface area contributed by atoms with E-state index >= 15 is 0 Å². The molecule has 1 rings (SSSR count). The summed E-state index contributed by atoms with van der Waals surface area (Å²) in [6, 6.07) is 0. The van der Waals surface area contributed by atoms with E-state index in [2.05, 4.69) is 20.4 Å². The van der Waals surface area contributed by atoms with Gasteiger partial charge < -0.3 is 4.74 Å². The Balaban J connectivity index is 2.98. The molecule has 0 spiro atoms. The van der Waals surface area contributed by atoms with Crippen LogP contribution in [0, 0.1) is 11.3 Å². The molecule has 3 heteroatoms. The maximum atomic E-state index is 5.57. The molecule has 0 aromatic carbocycles. The summed E-state index contributed by atoms with van der Waals surface area (Å²) in [6.07, 6.45) is 4.43. The number of ether oxygens (including phenoxy) is 1. The van der Waals surface area contributed by atoms with Crippen LogP contribution in [-0.4, -0.2) is 23.7 Å². The van der Waals surface area contributed by atoms with Gasteiger partial charge in [0.1, 0.15) is 0 Å². The zero-order valence-corrected chi connectivity index (χ0v) is 11.6. The van der Waals surface area contributed by atoms with Crippen molar-refractivity contribution in [3.63, 3.8) is 0 Å². The molecule has 0 N–H and O–H groups in total. The molecule has 0 aromatic heterocycles. The minimum Gasteiger partial charge on any atom is -0.381 e. The van der Waals surface area contributed by atoms with Crippen molar-refractivity contribution in [1.82, 2.24) is 0 Å². The SMILES string of the molecule is C=C1CC[C@H](OC)C(C)(C)[C@H]1C(=S)SC. The van der Waals surface area contributed by atoms with Gasteiger partial charge in [-0.15, -0.1) is 11.8 Å². The second-order valence-electron chi connectivity index (χ2n) is 4.70. The Morgan fingerprint density at radius 3 is 2.67 bits per heavy atom. The van der Waals surface area contributed by atoms with E-state index in [1.54, 1.807) is 18.9 Å². The van der Waals surface area contributed by atoms with E-state index in [1.807, 2.05) is 6.26 Å². The predicted octanol–water partition coefficient (Wildman–Crippen LogP) is 3.68. The second kappa shape index (κ2) is 4.98. The number of hydrogen-bond acceptors (Lipinski definition) is 3. The number of methoxy groups -OCH3 is 1. The first kappa shape index (κ1) is 13.2. The van der Waals surface area contributed by atoms with Gasteiger partial charge in [-0.1, -0.05) is 38.2 Å². The number of hydrogen-bond donors (Lipinski definition) is 0. The summed E-state index contributed by atoms with van der Waals surface area (Å²) in [7, 11) is 1.79. The zero-order chi connectivity index (χ0) is 11.6. The monoisotopic (exact) mass is 244 g/mol. The van der Waals surface area contributed by atoms with E-state index in [0.717, 1.165) is 17.0 Å². The lowest BCUT2D eigenvalue weighted by Crippen LogP contribution is -2.44. The van der Waals surface area contributed by atoms with Crippen molar-refractivity contribution >= 4 is 28.2 Å². The summed E-state index contributed by atoms with van der Waals surface area (Å²) >= 11 is 7.11. The third-order valence-electron chi connectivity index (χ3n) is 3.43. The lowest BCUT2D eigenvalue weighted by Gasteiger charge is -2.45. The average Bonchev–Trinajstić information content (AvgIpc) is 2.16. The highest BCUT2D eigenvalue weighted by Gasteiger charge is 2.44. The molecule has 0 saturated heterocycles. The van der Waals surface area contributed by atoms with E-state index in [4.69, 9.17) is 17.0 Å². The molecule has 1 saturated carbocycles. The quantitative estimate of drug-likeness (QED) is 0.541. The largest absolute Gasteiger partial charge is 0.381 e. The fourth-order valence-electron chi connectivity index (χ4n) is 2.55. The van der Waals surface area contributed by atoms with E-state index < -0.39 is 0 Å². The van der Waals surface area contributed by atoms with Crippen LogP contribution >= 0.6 is 24.0 Å². The van der Waals surface area contributed by atoms with Crippen LogP contribution in [0.2, 0.25) is 0 Å². The van der Waals surface area contributed by atoms with Crippen molar-refractivity contribution in [3.05, 3.63) is 12.2 Å².